The number of H-pyrrole nitrogens is 2. The van der Waals surface area contributed by atoms with Crippen LogP contribution in [0.2, 0.25) is 0 Å². The quantitative estimate of drug-likeness (QED) is 0.412. The van der Waals surface area contributed by atoms with Gasteiger partial charge in [-0.05, 0) is 36.4 Å². The minimum atomic E-state index is -0.568. The lowest BCUT2D eigenvalue weighted by Crippen LogP contribution is -2.31. The molecule has 2 heterocycles. The van der Waals surface area contributed by atoms with Crippen molar-refractivity contribution in [3.05, 3.63) is 95.8 Å². The molecule has 5 aromatic rings. The second kappa shape index (κ2) is 7.44. The van der Waals surface area contributed by atoms with Gasteiger partial charge in [0, 0.05) is 6.42 Å². The topological polar surface area (TPSA) is 86.5 Å². The summed E-state index contributed by atoms with van der Waals surface area (Å²) in [6.45, 7) is 0. The van der Waals surface area contributed by atoms with E-state index in [1.807, 2.05) is 48.5 Å². The van der Waals surface area contributed by atoms with Crippen LogP contribution in [0.1, 0.15) is 28.0 Å². The van der Waals surface area contributed by atoms with Gasteiger partial charge in [0.25, 0.3) is 5.91 Å². The van der Waals surface area contributed by atoms with Gasteiger partial charge in [-0.2, -0.15) is 0 Å². The van der Waals surface area contributed by atoms with Gasteiger partial charge in [-0.15, -0.1) is 0 Å². The van der Waals surface area contributed by atoms with Crippen molar-refractivity contribution in [2.75, 3.05) is 0 Å². The van der Waals surface area contributed by atoms with E-state index in [9.17, 15) is 9.18 Å². The molecule has 2 aromatic heterocycles. The summed E-state index contributed by atoms with van der Waals surface area (Å²) in [6.07, 6.45) is 0.370. The zero-order chi connectivity index (χ0) is 20.5. The highest BCUT2D eigenvalue weighted by Crippen LogP contribution is 2.21. The highest BCUT2D eigenvalue weighted by molar-refractivity contribution is 5.94. The number of carbonyl (C=O) groups excluding carboxylic acids is 1. The summed E-state index contributed by atoms with van der Waals surface area (Å²) < 4.78 is 14.1. The van der Waals surface area contributed by atoms with Crippen LogP contribution in [-0.4, -0.2) is 25.8 Å². The summed E-state index contributed by atoms with van der Waals surface area (Å²) in [6, 6.07) is 20.7. The lowest BCUT2D eigenvalue weighted by molar-refractivity contribution is 0.0930. The number of para-hydroxylation sites is 4. The van der Waals surface area contributed by atoms with Crippen LogP contribution in [0.15, 0.2) is 72.8 Å². The molecule has 3 aromatic carbocycles. The predicted octanol–water partition coefficient (Wildman–Crippen LogP) is 4.29. The normalized spacial score (nSPS) is 12.3. The van der Waals surface area contributed by atoms with Gasteiger partial charge in [-0.25, -0.2) is 14.4 Å². The van der Waals surface area contributed by atoms with Gasteiger partial charge in [-0.3, -0.25) is 4.79 Å². The Kier molecular flexibility index (Phi) is 4.48. The van der Waals surface area contributed by atoms with E-state index >= 15 is 0 Å². The van der Waals surface area contributed by atoms with Crippen molar-refractivity contribution >= 4 is 28.0 Å². The number of nitrogens with zero attached hydrogens (tertiary/aromatic N) is 2. The van der Waals surface area contributed by atoms with Gasteiger partial charge >= 0.3 is 0 Å². The van der Waals surface area contributed by atoms with E-state index in [4.69, 9.17) is 0 Å². The Morgan fingerprint density at radius 1 is 0.867 bits per heavy atom. The molecule has 0 aliphatic heterocycles. The van der Waals surface area contributed by atoms with E-state index in [0.29, 0.717) is 18.1 Å². The van der Waals surface area contributed by atoms with Crippen molar-refractivity contribution in [1.82, 2.24) is 25.3 Å². The van der Waals surface area contributed by atoms with Crippen molar-refractivity contribution in [3.63, 3.8) is 0 Å². The van der Waals surface area contributed by atoms with Gasteiger partial charge in [0.15, 0.2) is 0 Å². The number of halogens is 1. The van der Waals surface area contributed by atoms with Crippen molar-refractivity contribution in [1.29, 1.82) is 0 Å². The number of amides is 1. The smallest absolute Gasteiger partial charge is 0.254 e. The zero-order valence-corrected chi connectivity index (χ0v) is 15.9. The molecule has 0 aliphatic carbocycles. The van der Waals surface area contributed by atoms with Crippen molar-refractivity contribution in [2.24, 2.45) is 0 Å². The van der Waals surface area contributed by atoms with Crippen molar-refractivity contribution in [2.45, 2.75) is 12.5 Å². The van der Waals surface area contributed by atoms with Gasteiger partial charge < -0.3 is 15.3 Å². The summed E-state index contributed by atoms with van der Waals surface area (Å²) in [4.78, 5) is 28.6. The maximum atomic E-state index is 14.1. The standard InChI is InChI=1S/C23H18FN5O/c24-15-8-2-1-7-14(15)23(30)29-20(22-27-18-11-5-6-12-19(18)28-22)13-21-25-16-9-3-4-10-17(16)26-21/h1-12,20H,13H2,(H,25,26)(H,27,28)(H,29,30). The highest BCUT2D eigenvalue weighted by atomic mass is 19.1. The average Bonchev–Trinajstić information content (AvgIpc) is 3.37. The van der Waals surface area contributed by atoms with Crippen LogP contribution in [0.4, 0.5) is 4.39 Å². The molecule has 5 rings (SSSR count). The third-order valence-electron chi connectivity index (χ3n) is 5.00. The maximum absolute atomic E-state index is 14.1. The van der Waals surface area contributed by atoms with Crippen molar-refractivity contribution < 1.29 is 9.18 Å². The van der Waals surface area contributed by atoms with Crippen LogP contribution < -0.4 is 5.32 Å². The van der Waals surface area contributed by atoms with E-state index < -0.39 is 17.8 Å². The third kappa shape index (κ3) is 3.41. The molecule has 7 heteroatoms. The molecule has 30 heavy (non-hydrogen) atoms. The molecule has 148 valence electrons. The molecular formula is C23H18FN5O. The Bertz CT molecular complexity index is 1290. The van der Waals surface area contributed by atoms with Crippen LogP contribution >= 0.6 is 0 Å². The molecule has 0 saturated heterocycles. The van der Waals surface area contributed by atoms with Gasteiger partial charge in [-0.1, -0.05) is 36.4 Å². The lowest BCUT2D eigenvalue weighted by Gasteiger charge is -2.16. The molecule has 0 fully saturated rings. The summed E-state index contributed by atoms with van der Waals surface area (Å²) in [5.74, 6) is 0.216. The molecule has 0 saturated carbocycles. The lowest BCUT2D eigenvalue weighted by atomic mass is 10.1. The zero-order valence-electron chi connectivity index (χ0n) is 15.9. The Balaban J connectivity index is 1.51. The summed E-state index contributed by atoms with van der Waals surface area (Å²) in [5.41, 5.74) is 3.40. The van der Waals surface area contributed by atoms with Crippen LogP contribution in [0.5, 0.6) is 0 Å². The van der Waals surface area contributed by atoms with E-state index in [1.54, 1.807) is 12.1 Å². The van der Waals surface area contributed by atoms with Gasteiger partial charge in [0.1, 0.15) is 17.5 Å². The maximum Gasteiger partial charge on any atom is 0.254 e. The fourth-order valence-corrected chi connectivity index (χ4v) is 3.53. The predicted molar refractivity (Wildman–Crippen MR) is 112 cm³/mol. The van der Waals surface area contributed by atoms with Gasteiger partial charge in [0.05, 0.1) is 33.7 Å². The molecule has 3 N–H and O–H groups in total. The van der Waals surface area contributed by atoms with Crippen LogP contribution in [-0.2, 0) is 6.42 Å². The third-order valence-corrected chi connectivity index (χ3v) is 5.00. The number of aromatic amines is 2. The van der Waals surface area contributed by atoms with E-state index in [1.165, 1.54) is 12.1 Å². The van der Waals surface area contributed by atoms with Crippen LogP contribution in [0.25, 0.3) is 22.1 Å². The van der Waals surface area contributed by atoms with Crippen LogP contribution in [0, 0.1) is 5.82 Å². The first-order valence-corrected chi connectivity index (χ1v) is 9.61. The number of fused-ring (bicyclic) bond motifs is 2. The second-order valence-electron chi connectivity index (χ2n) is 7.05. The number of imidazole rings is 2. The Morgan fingerprint density at radius 3 is 2.20 bits per heavy atom. The number of hydrogen-bond donors (Lipinski definition) is 3. The molecule has 1 unspecified atom stereocenters. The minimum absolute atomic E-state index is 0.0109. The fourth-order valence-electron chi connectivity index (χ4n) is 3.53. The van der Waals surface area contributed by atoms with Gasteiger partial charge in [0.2, 0.25) is 0 Å². The summed E-state index contributed by atoms with van der Waals surface area (Å²) >= 11 is 0. The average molecular weight is 399 g/mol. The minimum Gasteiger partial charge on any atom is -0.342 e. The first kappa shape index (κ1) is 18.1. The number of rotatable bonds is 5. The molecule has 0 spiro atoms. The van der Waals surface area contributed by atoms with E-state index in [0.717, 1.165) is 22.1 Å². The van der Waals surface area contributed by atoms with Crippen LogP contribution in [0.3, 0.4) is 0 Å². The highest BCUT2D eigenvalue weighted by Gasteiger charge is 2.22. The SMILES string of the molecule is O=C(NC(Cc1nc2ccccc2[nH]1)c1nc2ccccc2[nH]1)c1ccccc1F. The molecule has 0 radical (unpaired) electrons. The summed E-state index contributed by atoms with van der Waals surface area (Å²) in [7, 11) is 0. The number of aromatic nitrogens is 4. The second-order valence-corrected chi connectivity index (χ2v) is 7.05. The number of benzene rings is 3. The Labute approximate surface area is 171 Å². The first-order valence-electron chi connectivity index (χ1n) is 9.61. The molecular weight excluding hydrogens is 381 g/mol. The van der Waals surface area contributed by atoms with E-state index in [2.05, 4.69) is 25.3 Å². The molecule has 6 nitrogen and oxygen atoms in total. The molecule has 0 aliphatic rings. The molecule has 1 atom stereocenters. The number of hydrogen-bond acceptors (Lipinski definition) is 3. The number of nitrogens with one attached hydrogen (secondary N) is 3. The largest absolute Gasteiger partial charge is 0.342 e. The Morgan fingerprint density at radius 2 is 1.50 bits per heavy atom. The van der Waals surface area contributed by atoms with Crippen molar-refractivity contribution in [3.8, 4) is 0 Å². The monoisotopic (exact) mass is 399 g/mol. The molecule has 0 bridgehead atoms. The van der Waals surface area contributed by atoms with E-state index in [-0.39, 0.29) is 5.56 Å². The summed E-state index contributed by atoms with van der Waals surface area (Å²) in [5, 5.41) is 2.91. The first-order chi connectivity index (χ1) is 14.7. The fraction of sp³-hybridized carbons (Fsp3) is 0.0870. The molecule has 1 amide bonds. The Hall–Kier alpha value is -4.00. The number of carbonyl (C=O) groups is 1.